The quantitative estimate of drug-likeness (QED) is 0.433. The molecule has 1 aliphatic rings. The number of imidazole rings is 1. The number of halogens is 2. The van der Waals surface area contributed by atoms with E-state index in [1.165, 1.54) is 21.4 Å². The van der Waals surface area contributed by atoms with Gasteiger partial charge in [-0.3, -0.25) is 18.5 Å². The molecule has 4 heterocycles. The highest BCUT2D eigenvalue weighted by molar-refractivity contribution is 5.82. The highest BCUT2D eigenvalue weighted by Crippen LogP contribution is 2.34. The third-order valence-electron chi connectivity index (χ3n) is 6.70. The van der Waals surface area contributed by atoms with Crippen molar-refractivity contribution < 1.29 is 8.78 Å². The minimum absolute atomic E-state index is 0.0692. The van der Waals surface area contributed by atoms with Gasteiger partial charge in [-0.2, -0.15) is 10.2 Å². The molecule has 5 aromatic rings. The largest absolute Gasteiger partial charge is 0.337 e. The van der Waals surface area contributed by atoms with E-state index < -0.39 is 11.5 Å². The van der Waals surface area contributed by atoms with Crippen LogP contribution in [-0.4, -0.2) is 35.2 Å². The summed E-state index contributed by atoms with van der Waals surface area (Å²) in [7, 11) is 1.74. The molecular formula is C25H23F2N7O. The lowest BCUT2D eigenvalue weighted by molar-refractivity contribution is 0.419. The molecule has 6 rings (SSSR count). The van der Waals surface area contributed by atoms with Gasteiger partial charge < -0.3 is 5.32 Å². The van der Waals surface area contributed by atoms with Gasteiger partial charge >= 0.3 is 5.69 Å². The van der Waals surface area contributed by atoms with Crippen LogP contribution >= 0.6 is 0 Å². The molecule has 0 saturated carbocycles. The van der Waals surface area contributed by atoms with Crippen LogP contribution < -0.4 is 11.0 Å². The molecule has 0 spiro atoms. The first kappa shape index (κ1) is 21.5. The zero-order chi connectivity index (χ0) is 24.4. The van der Waals surface area contributed by atoms with Crippen molar-refractivity contribution in [3.05, 3.63) is 82.3 Å². The summed E-state index contributed by atoms with van der Waals surface area (Å²) in [5.74, 6) is -0.823. The van der Waals surface area contributed by atoms with Crippen LogP contribution in [0.1, 0.15) is 24.2 Å². The molecule has 10 heteroatoms. The Morgan fingerprint density at radius 3 is 2.71 bits per heavy atom. The minimum atomic E-state index is -0.517. The van der Waals surface area contributed by atoms with Gasteiger partial charge in [0.1, 0.15) is 17.2 Å². The summed E-state index contributed by atoms with van der Waals surface area (Å²) in [6, 6.07) is 8.04. The van der Waals surface area contributed by atoms with Crippen LogP contribution in [0.25, 0.3) is 33.5 Å². The predicted octanol–water partition coefficient (Wildman–Crippen LogP) is 3.63. The van der Waals surface area contributed by atoms with Gasteiger partial charge in [0.05, 0.1) is 35.0 Å². The van der Waals surface area contributed by atoms with Crippen molar-refractivity contribution in [1.29, 1.82) is 0 Å². The van der Waals surface area contributed by atoms with E-state index in [1.807, 2.05) is 11.6 Å². The first-order valence-electron chi connectivity index (χ1n) is 11.4. The molecule has 0 unspecified atom stereocenters. The summed E-state index contributed by atoms with van der Waals surface area (Å²) in [6.45, 7) is 5.07. The summed E-state index contributed by atoms with van der Waals surface area (Å²) < 4.78 is 35.6. The van der Waals surface area contributed by atoms with Gasteiger partial charge in [0, 0.05) is 37.6 Å². The molecule has 1 atom stereocenters. The van der Waals surface area contributed by atoms with Crippen LogP contribution in [0.4, 0.5) is 8.78 Å². The van der Waals surface area contributed by atoms with Crippen molar-refractivity contribution >= 4 is 10.9 Å². The molecule has 35 heavy (non-hydrogen) atoms. The third-order valence-corrected chi connectivity index (χ3v) is 6.70. The number of benzene rings is 2. The molecule has 1 N–H and O–H groups in total. The second-order valence-electron chi connectivity index (χ2n) is 8.87. The van der Waals surface area contributed by atoms with Crippen molar-refractivity contribution in [2.75, 3.05) is 6.54 Å². The summed E-state index contributed by atoms with van der Waals surface area (Å²) >= 11 is 0. The Balaban J connectivity index is 1.58. The number of aryl methyl sites for hydroxylation is 2. The van der Waals surface area contributed by atoms with E-state index in [9.17, 15) is 9.18 Å². The Bertz CT molecular complexity index is 1670. The topological polar surface area (TPSA) is 74.6 Å². The molecule has 2 aromatic carbocycles. The fourth-order valence-electron chi connectivity index (χ4n) is 4.87. The van der Waals surface area contributed by atoms with Crippen LogP contribution in [0.3, 0.4) is 0 Å². The molecule has 178 valence electrons. The van der Waals surface area contributed by atoms with Gasteiger partial charge in [0.2, 0.25) is 0 Å². The highest BCUT2D eigenvalue weighted by atomic mass is 19.1. The average molecular weight is 476 g/mol. The van der Waals surface area contributed by atoms with E-state index in [4.69, 9.17) is 5.10 Å². The highest BCUT2D eigenvalue weighted by Gasteiger charge is 2.29. The van der Waals surface area contributed by atoms with E-state index in [0.29, 0.717) is 40.0 Å². The maximum Gasteiger partial charge on any atom is 0.337 e. The molecule has 8 nitrogen and oxygen atoms in total. The van der Waals surface area contributed by atoms with Crippen LogP contribution in [0.5, 0.6) is 0 Å². The number of hydrogen-bond acceptors (Lipinski definition) is 4. The van der Waals surface area contributed by atoms with E-state index in [0.717, 1.165) is 12.2 Å². The molecular weight excluding hydrogens is 452 g/mol. The Kier molecular flexibility index (Phi) is 4.75. The second kappa shape index (κ2) is 7.74. The van der Waals surface area contributed by atoms with E-state index in [2.05, 4.69) is 10.4 Å². The Morgan fingerprint density at radius 1 is 1.11 bits per heavy atom. The van der Waals surface area contributed by atoms with Gasteiger partial charge in [0.25, 0.3) is 0 Å². The first-order chi connectivity index (χ1) is 16.8. The van der Waals surface area contributed by atoms with Crippen LogP contribution in [-0.2, 0) is 13.6 Å². The Hall–Kier alpha value is -4.05. The van der Waals surface area contributed by atoms with Crippen molar-refractivity contribution in [1.82, 2.24) is 34.0 Å². The molecule has 0 fully saturated rings. The van der Waals surface area contributed by atoms with Gasteiger partial charge in [-0.1, -0.05) is 0 Å². The fourth-order valence-corrected chi connectivity index (χ4v) is 4.87. The van der Waals surface area contributed by atoms with Crippen molar-refractivity contribution in [3.63, 3.8) is 0 Å². The number of rotatable bonds is 3. The average Bonchev–Trinajstić information content (AvgIpc) is 3.52. The summed E-state index contributed by atoms with van der Waals surface area (Å²) in [4.78, 5) is 13.7. The fraction of sp³-hybridized carbons (Fsp3) is 0.240. The van der Waals surface area contributed by atoms with Crippen molar-refractivity contribution in [2.24, 2.45) is 7.05 Å². The second-order valence-corrected chi connectivity index (χ2v) is 8.87. The molecule has 0 saturated heterocycles. The number of hydrogen-bond donors (Lipinski definition) is 1. The third kappa shape index (κ3) is 3.17. The first-order valence-corrected chi connectivity index (χ1v) is 11.4. The van der Waals surface area contributed by atoms with E-state index in [1.54, 1.807) is 55.3 Å². The minimum Gasteiger partial charge on any atom is -0.307 e. The van der Waals surface area contributed by atoms with Crippen LogP contribution in [0.15, 0.2) is 53.7 Å². The van der Waals surface area contributed by atoms with Gasteiger partial charge in [-0.05, 0) is 49.7 Å². The summed E-state index contributed by atoms with van der Waals surface area (Å²) in [5.41, 5.74) is 3.55. The van der Waals surface area contributed by atoms with Gasteiger partial charge in [0.15, 0.2) is 5.82 Å². The van der Waals surface area contributed by atoms with Gasteiger partial charge in [-0.15, -0.1) is 0 Å². The standard InChI is InChI=1S/C25H23F2N7O/c1-14-12-16(4-5-18(14)26)22-24(23-15(2)28-8-9-34(23)30-22)33-11-10-32(25(33)35)20-7-6-19-17(21(20)27)13-29-31(19)3/h4-7,10-13,15,28H,8-9H2,1-3H3/t15-/m1/s1. The number of aromatic nitrogens is 6. The lowest BCUT2D eigenvalue weighted by atomic mass is 10.0. The molecule has 0 bridgehead atoms. The predicted molar refractivity (Wildman–Crippen MR) is 128 cm³/mol. The normalized spacial score (nSPS) is 15.6. The van der Waals surface area contributed by atoms with Crippen molar-refractivity contribution in [3.8, 4) is 22.6 Å². The van der Waals surface area contributed by atoms with E-state index >= 15 is 4.39 Å². The van der Waals surface area contributed by atoms with Crippen molar-refractivity contribution in [2.45, 2.75) is 26.4 Å². The molecule has 0 radical (unpaired) electrons. The molecule has 0 amide bonds. The maximum absolute atomic E-state index is 15.4. The SMILES string of the molecule is Cc1cc(-c2nn3c(c2-n2ccn(-c4ccc5c(cnn5C)c4F)c2=O)[C@@H](C)NCC3)ccc1F. The maximum atomic E-state index is 15.4. The molecule has 1 aliphatic heterocycles. The van der Waals surface area contributed by atoms with Crippen LogP contribution in [0, 0.1) is 18.6 Å². The molecule has 3 aromatic heterocycles. The van der Waals surface area contributed by atoms with Gasteiger partial charge in [-0.25, -0.2) is 13.6 Å². The number of fused-ring (bicyclic) bond motifs is 2. The number of nitrogens with one attached hydrogen (secondary N) is 1. The lowest BCUT2D eigenvalue weighted by Crippen LogP contribution is -2.33. The Morgan fingerprint density at radius 2 is 1.91 bits per heavy atom. The zero-order valence-electron chi connectivity index (χ0n) is 19.5. The summed E-state index contributed by atoms with van der Waals surface area (Å²) in [5, 5.41) is 12.7. The summed E-state index contributed by atoms with van der Waals surface area (Å²) in [6.07, 6.45) is 4.62. The van der Waals surface area contributed by atoms with Crippen LogP contribution in [0.2, 0.25) is 0 Å². The van der Waals surface area contributed by atoms with E-state index in [-0.39, 0.29) is 17.5 Å². The number of nitrogens with zero attached hydrogens (tertiary/aromatic N) is 6. The lowest BCUT2D eigenvalue weighted by Gasteiger charge is -2.23. The molecule has 0 aliphatic carbocycles. The monoisotopic (exact) mass is 475 g/mol. The smallest absolute Gasteiger partial charge is 0.307 e. The zero-order valence-corrected chi connectivity index (χ0v) is 19.5. The Labute approximate surface area is 199 Å².